The molecule has 0 aliphatic heterocycles. The van der Waals surface area contributed by atoms with Crippen LogP contribution in [0.25, 0.3) is 0 Å². The fourth-order valence-corrected chi connectivity index (χ4v) is 1.92. The van der Waals surface area contributed by atoms with Gasteiger partial charge in [-0.05, 0) is 45.4 Å². The first-order chi connectivity index (χ1) is 7.63. The highest BCUT2D eigenvalue weighted by Gasteiger charge is 2.28. The van der Waals surface area contributed by atoms with Crippen molar-refractivity contribution in [3.63, 3.8) is 0 Å². The smallest absolute Gasteiger partial charge is 0.237 e. The van der Waals surface area contributed by atoms with Crippen LogP contribution in [0.1, 0.15) is 39.3 Å². The summed E-state index contributed by atoms with van der Waals surface area (Å²) in [6, 6.07) is 7.05. The fraction of sp³-hybridized carbons (Fsp3) is 0.500. The van der Waals surface area contributed by atoms with Gasteiger partial charge >= 0.3 is 0 Å². The van der Waals surface area contributed by atoms with Crippen molar-refractivity contribution in [2.75, 3.05) is 4.72 Å². The lowest BCUT2D eigenvalue weighted by molar-refractivity contribution is 0.566. The van der Waals surface area contributed by atoms with Crippen molar-refractivity contribution < 1.29 is 8.42 Å². The first-order valence-electron chi connectivity index (χ1n) is 5.51. The van der Waals surface area contributed by atoms with E-state index in [4.69, 9.17) is 5.73 Å². The first kappa shape index (κ1) is 14.0. The second-order valence-corrected chi connectivity index (χ2v) is 7.56. The molecule has 4 nitrogen and oxygen atoms in total. The molecule has 0 amide bonds. The molecule has 0 heterocycles. The van der Waals surface area contributed by atoms with Gasteiger partial charge in [0.15, 0.2) is 0 Å². The molecule has 0 spiro atoms. The minimum absolute atomic E-state index is 0.0525. The van der Waals surface area contributed by atoms with Gasteiger partial charge < -0.3 is 5.73 Å². The van der Waals surface area contributed by atoms with E-state index >= 15 is 0 Å². The van der Waals surface area contributed by atoms with Crippen molar-refractivity contribution >= 4 is 15.7 Å². The molecule has 0 aliphatic rings. The molecule has 1 aromatic rings. The number of rotatable bonds is 3. The Hall–Kier alpha value is -1.07. The van der Waals surface area contributed by atoms with Crippen LogP contribution in [0.2, 0.25) is 0 Å². The topological polar surface area (TPSA) is 72.2 Å². The van der Waals surface area contributed by atoms with Crippen LogP contribution in [0.5, 0.6) is 0 Å². The number of nitrogens with two attached hydrogens (primary N) is 1. The number of sulfonamides is 1. The lowest BCUT2D eigenvalue weighted by Crippen LogP contribution is -2.33. The molecule has 1 unspecified atom stereocenters. The molecular formula is C12H20N2O2S. The van der Waals surface area contributed by atoms with Crippen LogP contribution in [0.4, 0.5) is 5.69 Å². The molecule has 17 heavy (non-hydrogen) atoms. The summed E-state index contributed by atoms with van der Waals surface area (Å²) >= 11 is 0. The molecule has 0 aliphatic carbocycles. The normalized spacial score (nSPS) is 14.4. The highest BCUT2D eigenvalue weighted by molar-refractivity contribution is 7.94. The third-order valence-corrected chi connectivity index (χ3v) is 4.61. The average Bonchev–Trinajstić information content (AvgIpc) is 2.16. The van der Waals surface area contributed by atoms with Crippen LogP contribution < -0.4 is 10.5 Å². The van der Waals surface area contributed by atoms with E-state index in [1.807, 2.05) is 19.1 Å². The Morgan fingerprint density at radius 3 is 2.00 bits per heavy atom. The van der Waals surface area contributed by atoms with Gasteiger partial charge in [0, 0.05) is 11.7 Å². The molecule has 3 N–H and O–H groups in total. The fourth-order valence-electron chi connectivity index (χ4n) is 1.16. The Morgan fingerprint density at radius 2 is 1.65 bits per heavy atom. The quantitative estimate of drug-likeness (QED) is 0.871. The summed E-state index contributed by atoms with van der Waals surface area (Å²) in [5.41, 5.74) is 7.26. The second kappa shape index (κ2) is 4.66. The van der Waals surface area contributed by atoms with Crippen LogP contribution in [-0.2, 0) is 10.0 Å². The molecule has 0 bridgehead atoms. The third-order valence-electron chi connectivity index (χ3n) is 2.49. The van der Waals surface area contributed by atoms with Crippen LogP contribution >= 0.6 is 0 Å². The van der Waals surface area contributed by atoms with Crippen LogP contribution in [0, 0.1) is 0 Å². The Balaban J connectivity index is 2.91. The molecule has 0 fully saturated rings. The summed E-state index contributed by atoms with van der Waals surface area (Å²) in [5, 5.41) is 0. The number of nitrogens with one attached hydrogen (secondary N) is 1. The lowest BCUT2D eigenvalue weighted by Gasteiger charge is -2.20. The maximum atomic E-state index is 11.9. The van der Waals surface area contributed by atoms with E-state index in [1.165, 1.54) is 0 Å². The van der Waals surface area contributed by atoms with Gasteiger partial charge in [-0.1, -0.05) is 12.1 Å². The molecular weight excluding hydrogens is 236 g/mol. The average molecular weight is 256 g/mol. The maximum absolute atomic E-state index is 11.9. The molecule has 0 saturated carbocycles. The first-order valence-corrected chi connectivity index (χ1v) is 7.00. The molecule has 0 radical (unpaired) electrons. The largest absolute Gasteiger partial charge is 0.324 e. The summed E-state index contributed by atoms with van der Waals surface area (Å²) in [4.78, 5) is 0. The second-order valence-electron chi connectivity index (χ2n) is 5.13. The van der Waals surface area contributed by atoms with E-state index < -0.39 is 14.8 Å². The minimum Gasteiger partial charge on any atom is -0.324 e. The summed E-state index contributed by atoms with van der Waals surface area (Å²) in [7, 11) is -3.37. The SMILES string of the molecule is CC(N)c1ccc(NS(=O)(=O)C(C)(C)C)cc1. The van der Waals surface area contributed by atoms with Gasteiger partial charge in [0.25, 0.3) is 0 Å². The molecule has 0 saturated heterocycles. The predicted molar refractivity (Wildman–Crippen MR) is 71.3 cm³/mol. The minimum atomic E-state index is -3.37. The summed E-state index contributed by atoms with van der Waals surface area (Å²) in [6.45, 7) is 6.86. The van der Waals surface area contributed by atoms with Crippen molar-refractivity contribution in [2.45, 2.75) is 38.5 Å². The predicted octanol–water partition coefficient (Wildman–Crippen LogP) is 2.25. The van der Waals surface area contributed by atoms with Gasteiger partial charge in [-0.15, -0.1) is 0 Å². The van der Waals surface area contributed by atoms with E-state index in [1.54, 1.807) is 32.9 Å². The van der Waals surface area contributed by atoms with Gasteiger partial charge in [0.1, 0.15) is 0 Å². The highest BCUT2D eigenvalue weighted by Crippen LogP contribution is 2.20. The van der Waals surface area contributed by atoms with E-state index in [0.717, 1.165) is 5.56 Å². The zero-order valence-electron chi connectivity index (χ0n) is 10.7. The Bertz CT molecular complexity index is 470. The van der Waals surface area contributed by atoms with Gasteiger partial charge in [-0.3, -0.25) is 4.72 Å². The van der Waals surface area contributed by atoms with Crippen molar-refractivity contribution in [1.29, 1.82) is 0 Å². The molecule has 1 atom stereocenters. The zero-order valence-corrected chi connectivity index (χ0v) is 11.5. The third kappa shape index (κ3) is 3.44. The van der Waals surface area contributed by atoms with E-state index in [0.29, 0.717) is 5.69 Å². The summed E-state index contributed by atoms with van der Waals surface area (Å²) in [5.74, 6) is 0. The van der Waals surface area contributed by atoms with E-state index in [-0.39, 0.29) is 6.04 Å². The van der Waals surface area contributed by atoms with Crippen molar-refractivity contribution in [2.24, 2.45) is 5.73 Å². The van der Waals surface area contributed by atoms with Crippen LogP contribution in [0.15, 0.2) is 24.3 Å². The monoisotopic (exact) mass is 256 g/mol. The van der Waals surface area contributed by atoms with E-state index in [9.17, 15) is 8.42 Å². The van der Waals surface area contributed by atoms with Gasteiger partial charge in [0.2, 0.25) is 10.0 Å². The highest BCUT2D eigenvalue weighted by atomic mass is 32.2. The number of hydrogen-bond acceptors (Lipinski definition) is 3. The molecule has 0 aromatic heterocycles. The van der Waals surface area contributed by atoms with Gasteiger partial charge in [-0.25, -0.2) is 8.42 Å². The number of hydrogen-bond donors (Lipinski definition) is 2. The number of benzene rings is 1. The van der Waals surface area contributed by atoms with Gasteiger partial charge in [-0.2, -0.15) is 0 Å². The number of anilines is 1. The standard InChI is InChI=1S/C12H20N2O2S/c1-9(13)10-5-7-11(8-6-10)14-17(15,16)12(2,3)4/h5-9,14H,13H2,1-4H3. The Morgan fingerprint density at radius 1 is 1.18 bits per heavy atom. The Labute approximate surface area is 103 Å². The van der Waals surface area contributed by atoms with Crippen molar-refractivity contribution in [1.82, 2.24) is 0 Å². The van der Waals surface area contributed by atoms with Gasteiger partial charge in [0.05, 0.1) is 4.75 Å². The van der Waals surface area contributed by atoms with Crippen LogP contribution in [-0.4, -0.2) is 13.2 Å². The van der Waals surface area contributed by atoms with E-state index in [2.05, 4.69) is 4.72 Å². The Kier molecular flexibility index (Phi) is 3.84. The summed E-state index contributed by atoms with van der Waals surface area (Å²) in [6.07, 6.45) is 0. The summed E-state index contributed by atoms with van der Waals surface area (Å²) < 4.78 is 25.5. The maximum Gasteiger partial charge on any atom is 0.237 e. The zero-order chi connectivity index (χ0) is 13.3. The molecule has 1 aromatic carbocycles. The van der Waals surface area contributed by atoms with Crippen molar-refractivity contribution in [3.05, 3.63) is 29.8 Å². The molecule has 5 heteroatoms. The molecule has 96 valence electrons. The van der Waals surface area contributed by atoms with Crippen molar-refractivity contribution in [3.8, 4) is 0 Å². The lowest BCUT2D eigenvalue weighted by atomic mass is 10.1. The van der Waals surface area contributed by atoms with Crippen LogP contribution in [0.3, 0.4) is 0 Å². The molecule has 1 rings (SSSR count).